The van der Waals surface area contributed by atoms with Gasteiger partial charge in [-0.25, -0.2) is 0 Å². The third-order valence-electron chi connectivity index (χ3n) is 10.6. The molecule has 1 aromatic heterocycles. The van der Waals surface area contributed by atoms with E-state index in [1.165, 1.54) is 28.3 Å². The molecule has 184 valence electrons. The molecule has 2 aromatic rings. The molecule has 0 radical (unpaired) electrons. The Morgan fingerprint density at radius 1 is 1.09 bits per heavy atom. The molecular formula is C30H36N2O3. The molecule has 5 aliphatic rings. The second kappa shape index (κ2) is 7.25. The lowest BCUT2D eigenvalue weighted by Crippen LogP contribution is -2.61. The molecule has 1 unspecified atom stereocenters. The molecule has 8 atom stereocenters. The van der Waals surface area contributed by atoms with Crippen LogP contribution < -0.4 is 0 Å². The van der Waals surface area contributed by atoms with Gasteiger partial charge in [0.2, 0.25) is 0 Å². The van der Waals surface area contributed by atoms with E-state index in [2.05, 4.69) is 48.3 Å². The van der Waals surface area contributed by atoms with Crippen LogP contribution in [0.5, 0.6) is 0 Å². The first-order valence-corrected chi connectivity index (χ1v) is 13.3. The summed E-state index contributed by atoms with van der Waals surface area (Å²) in [6, 6.07) is 8.90. The number of aliphatic hydroxyl groups is 2. The molecule has 35 heavy (non-hydrogen) atoms. The largest absolute Gasteiger partial charge is 0.388 e. The lowest BCUT2D eigenvalue weighted by molar-refractivity contribution is -0.165. The Kier molecular flexibility index (Phi) is 4.60. The van der Waals surface area contributed by atoms with Gasteiger partial charge in [-0.05, 0) is 104 Å². The van der Waals surface area contributed by atoms with Gasteiger partial charge in [0.1, 0.15) is 6.10 Å². The van der Waals surface area contributed by atoms with Crippen LogP contribution in [-0.2, 0) is 4.74 Å². The normalized spacial score (nSPS) is 44.0. The van der Waals surface area contributed by atoms with Crippen molar-refractivity contribution in [3.05, 3.63) is 65.5 Å². The second-order valence-corrected chi connectivity index (χ2v) is 12.3. The summed E-state index contributed by atoms with van der Waals surface area (Å²) in [6.45, 7) is 2.49. The maximum Gasteiger partial charge on any atom is 0.105 e. The van der Waals surface area contributed by atoms with E-state index < -0.39 is 17.8 Å². The van der Waals surface area contributed by atoms with Crippen molar-refractivity contribution in [2.24, 2.45) is 11.3 Å². The Balaban J connectivity index is 1.29. The number of hydrogen-bond donors (Lipinski definition) is 2. The monoisotopic (exact) mass is 472 g/mol. The number of likely N-dealkylation sites (N-methyl/N-ethyl adjacent to an activating group) is 1. The highest BCUT2D eigenvalue weighted by molar-refractivity contribution is 5.82. The number of rotatable bonds is 2. The Labute approximate surface area is 207 Å². The molecule has 7 rings (SSSR count). The molecule has 2 saturated carbocycles. The average molecular weight is 473 g/mol. The summed E-state index contributed by atoms with van der Waals surface area (Å²) in [5.74, 6) is 0.937. The molecule has 1 aromatic carbocycles. The second-order valence-electron chi connectivity index (χ2n) is 12.3. The summed E-state index contributed by atoms with van der Waals surface area (Å²) >= 11 is 0. The van der Waals surface area contributed by atoms with Crippen LogP contribution in [-0.4, -0.2) is 63.6 Å². The Morgan fingerprint density at radius 3 is 2.77 bits per heavy atom. The zero-order valence-electron chi connectivity index (χ0n) is 20.9. The fourth-order valence-corrected chi connectivity index (χ4v) is 8.79. The molecule has 2 aliphatic heterocycles. The van der Waals surface area contributed by atoms with Gasteiger partial charge >= 0.3 is 0 Å². The standard InChI is InChI=1S/C30H36N2O3/c1-28-10-8-21-15-23-26(33)27(34)24(32(2)3)16-29(23)11-12-30(21,35-29)25(28)7-6-22(28)19-5-4-18-9-13-31-17-20(18)14-19/h4-5,8-9,13-15,17,22,24-27,33-34H,6-7,10-12,16H2,1-3H3/t22-,24?,25-,26-,27-,28-,29-,30-/m1/s1. The van der Waals surface area contributed by atoms with E-state index in [1.54, 1.807) is 0 Å². The van der Waals surface area contributed by atoms with Crippen molar-refractivity contribution in [2.45, 2.75) is 80.8 Å². The van der Waals surface area contributed by atoms with E-state index >= 15 is 0 Å². The van der Waals surface area contributed by atoms with Crippen molar-refractivity contribution in [1.82, 2.24) is 9.88 Å². The van der Waals surface area contributed by atoms with Gasteiger partial charge in [-0.1, -0.05) is 31.2 Å². The topological polar surface area (TPSA) is 65.8 Å². The van der Waals surface area contributed by atoms with E-state index in [1.807, 2.05) is 31.4 Å². The van der Waals surface area contributed by atoms with Crippen LogP contribution in [0.4, 0.5) is 0 Å². The van der Waals surface area contributed by atoms with Gasteiger partial charge in [0.25, 0.3) is 0 Å². The zero-order chi connectivity index (χ0) is 24.2. The maximum atomic E-state index is 11.2. The summed E-state index contributed by atoms with van der Waals surface area (Å²) in [5, 5.41) is 24.5. The number of benzene rings is 1. The fourth-order valence-electron chi connectivity index (χ4n) is 8.79. The first-order valence-electron chi connectivity index (χ1n) is 13.3. The predicted octanol–water partition coefficient (Wildman–Crippen LogP) is 4.35. The van der Waals surface area contributed by atoms with Crippen molar-refractivity contribution in [3.8, 4) is 0 Å². The van der Waals surface area contributed by atoms with E-state index in [-0.39, 0.29) is 17.1 Å². The first-order chi connectivity index (χ1) is 16.8. The van der Waals surface area contributed by atoms with E-state index in [4.69, 9.17) is 4.74 Å². The van der Waals surface area contributed by atoms with Crippen LogP contribution in [0.2, 0.25) is 0 Å². The Hall–Kier alpha value is -2.05. The van der Waals surface area contributed by atoms with Gasteiger partial charge in [-0.3, -0.25) is 4.98 Å². The van der Waals surface area contributed by atoms with Crippen LogP contribution in [0.15, 0.2) is 60.0 Å². The highest BCUT2D eigenvalue weighted by Crippen LogP contribution is 2.69. The number of aromatic nitrogens is 1. The molecule has 2 bridgehead atoms. The summed E-state index contributed by atoms with van der Waals surface area (Å²) in [4.78, 5) is 6.40. The van der Waals surface area contributed by atoms with Gasteiger partial charge in [0, 0.05) is 23.8 Å². The van der Waals surface area contributed by atoms with Gasteiger partial charge in [-0.2, -0.15) is 0 Å². The molecule has 0 amide bonds. The van der Waals surface area contributed by atoms with E-state index in [0.717, 1.165) is 37.7 Å². The molecule has 5 heteroatoms. The highest BCUT2D eigenvalue weighted by atomic mass is 16.5. The van der Waals surface area contributed by atoms with Gasteiger partial charge < -0.3 is 19.8 Å². The van der Waals surface area contributed by atoms with Crippen LogP contribution in [0.3, 0.4) is 0 Å². The van der Waals surface area contributed by atoms with Crippen molar-refractivity contribution >= 4 is 10.8 Å². The minimum Gasteiger partial charge on any atom is -0.388 e. The van der Waals surface area contributed by atoms with Gasteiger partial charge in [-0.15, -0.1) is 0 Å². The van der Waals surface area contributed by atoms with Crippen molar-refractivity contribution < 1.29 is 14.9 Å². The lowest BCUT2D eigenvalue weighted by atomic mass is 9.58. The average Bonchev–Trinajstić information content (AvgIpc) is 3.37. The maximum absolute atomic E-state index is 11.2. The molecule has 2 N–H and O–H groups in total. The number of ether oxygens (including phenoxy) is 1. The van der Waals surface area contributed by atoms with Crippen LogP contribution in [0.25, 0.3) is 10.8 Å². The highest BCUT2D eigenvalue weighted by Gasteiger charge is 2.68. The predicted molar refractivity (Wildman–Crippen MR) is 136 cm³/mol. The minimum atomic E-state index is -0.871. The molecule has 3 fully saturated rings. The molecule has 1 saturated heterocycles. The van der Waals surface area contributed by atoms with Crippen LogP contribution >= 0.6 is 0 Å². The fraction of sp³-hybridized carbons (Fsp3) is 0.567. The van der Waals surface area contributed by atoms with E-state index in [9.17, 15) is 10.2 Å². The van der Waals surface area contributed by atoms with Crippen LogP contribution in [0, 0.1) is 11.3 Å². The van der Waals surface area contributed by atoms with Crippen LogP contribution in [0.1, 0.15) is 56.9 Å². The van der Waals surface area contributed by atoms with Crippen molar-refractivity contribution in [3.63, 3.8) is 0 Å². The number of fused-ring (bicyclic) bond motifs is 2. The SMILES string of the molecule is CN(C)C1C[C@@]23CC[C@@]4(O2)C(=CC[C@]2(C)[C@@H](c5ccc6ccncc6c5)CC[C@H]24)C=C3[C@@H](O)[C@@H]1O. The molecule has 3 heterocycles. The third kappa shape index (κ3) is 2.81. The van der Waals surface area contributed by atoms with Crippen molar-refractivity contribution in [2.75, 3.05) is 14.1 Å². The molecule has 2 spiro atoms. The summed E-state index contributed by atoms with van der Waals surface area (Å²) in [6.07, 6.45) is 12.8. The number of allylic oxidation sites excluding steroid dienone is 1. The number of aliphatic hydroxyl groups excluding tert-OH is 2. The molecular weight excluding hydrogens is 436 g/mol. The molecule has 3 aliphatic carbocycles. The van der Waals surface area contributed by atoms with Crippen molar-refractivity contribution in [1.29, 1.82) is 0 Å². The number of nitrogens with zero attached hydrogens (tertiary/aromatic N) is 2. The minimum absolute atomic E-state index is 0.111. The molecule has 5 nitrogen and oxygen atoms in total. The first kappa shape index (κ1) is 22.2. The zero-order valence-corrected chi connectivity index (χ0v) is 20.9. The summed E-state index contributed by atoms with van der Waals surface area (Å²) in [7, 11) is 3.98. The van der Waals surface area contributed by atoms with Gasteiger partial charge in [0.15, 0.2) is 0 Å². The third-order valence-corrected chi connectivity index (χ3v) is 10.6. The van der Waals surface area contributed by atoms with E-state index in [0.29, 0.717) is 11.8 Å². The van der Waals surface area contributed by atoms with Gasteiger partial charge in [0.05, 0.1) is 17.3 Å². The Morgan fingerprint density at radius 2 is 1.94 bits per heavy atom. The smallest absolute Gasteiger partial charge is 0.105 e. The summed E-state index contributed by atoms with van der Waals surface area (Å²) in [5.41, 5.74) is 2.97. The summed E-state index contributed by atoms with van der Waals surface area (Å²) < 4.78 is 7.27. The number of pyridine rings is 1. The Bertz CT molecular complexity index is 1270. The quantitative estimate of drug-likeness (QED) is 0.680. The number of hydrogen-bond acceptors (Lipinski definition) is 5. The lowest BCUT2D eigenvalue weighted by Gasteiger charge is -2.56.